The molecular weight excluding hydrogens is 454 g/mol. The molecule has 2 N–H and O–H groups in total. The van der Waals surface area contributed by atoms with Crippen LogP contribution in [0.4, 0.5) is 0 Å². The van der Waals surface area contributed by atoms with Crippen molar-refractivity contribution in [3.05, 3.63) is 90.1 Å². The van der Waals surface area contributed by atoms with E-state index in [-0.39, 0.29) is 0 Å². The number of benzene rings is 2. The first kappa shape index (κ1) is 19.7. The quantitative estimate of drug-likeness (QED) is 0.312. The molecule has 0 radical (unpaired) electrons. The minimum absolute atomic E-state index is 0.746. The number of thiazole rings is 1. The number of fused-ring (bicyclic) bond motifs is 2. The summed E-state index contributed by atoms with van der Waals surface area (Å²) in [6, 6.07) is 20.5. The number of hydrogen-bond donors (Lipinski definition) is 2. The predicted octanol–water partition coefficient (Wildman–Crippen LogP) is 6.35. The number of pyridine rings is 2. The molecule has 0 aliphatic heterocycles. The van der Waals surface area contributed by atoms with Crippen LogP contribution in [0.1, 0.15) is 0 Å². The maximum atomic E-state index is 4.75. The summed E-state index contributed by atoms with van der Waals surface area (Å²) in [6.07, 6.45) is 5.43. The van der Waals surface area contributed by atoms with Gasteiger partial charge < -0.3 is 9.97 Å². The van der Waals surface area contributed by atoms with Crippen LogP contribution < -0.4 is 0 Å². The Morgan fingerprint density at radius 2 is 1.26 bits per heavy atom. The monoisotopic (exact) mass is 471 g/mol. The van der Waals surface area contributed by atoms with Crippen molar-refractivity contribution in [2.75, 3.05) is 0 Å². The lowest BCUT2D eigenvalue weighted by Gasteiger charge is -2.02. The Balaban J connectivity index is 1.21. The van der Waals surface area contributed by atoms with Crippen LogP contribution in [0.15, 0.2) is 90.1 Å². The second-order valence-electron chi connectivity index (χ2n) is 8.18. The Hall–Kier alpha value is -4.69. The Kier molecular flexibility index (Phi) is 4.49. The topological polar surface area (TPSA) is 96.0 Å². The standard InChI is InChI=1S/C27H17N7S/c1-4-20-23(33-26(31-20)22-6-3-19(13-29-22)16-7-9-28-10-8-16)11-17(1)18-2-5-21-24(12-18)34-27(32-21)25-14-35-15-30-25/h1-15H,(H,31,33)(H,32,34). The van der Waals surface area contributed by atoms with Crippen molar-refractivity contribution in [2.24, 2.45) is 0 Å². The molecule has 7 rings (SSSR count). The van der Waals surface area contributed by atoms with Crippen molar-refractivity contribution in [3.63, 3.8) is 0 Å². The van der Waals surface area contributed by atoms with E-state index in [1.807, 2.05) is 47.4 Å². The van der Waals surface area contributed by atoms with Crippen molar-refractivity contribution in [2.45, 2.75) is 0 Å². The van der Waals surface area contributed by atoms with Crippen LogP contribution in [0.25, 0.3) is 67.4 Å². The first-order valence-corrected chi connectivity index (χ1v) is 12.0. The van der Waals surface area contributed by atoms with Crippen LogP contribution in [-0.4, -0.2) is 34.9 Å². The highest BCUT2D eigenvalue weighted by Crippen LogP contribution is 2.29. The van der Waals surface area contributed by atoms with Gasteiger partial charge in [-0.05, 0) is 59.2 Å². The number of imidazole rings is 2. The third-order valence-electron chi connectivity index (χ3n) is 5.99. The Labute approximate surface area is 203 Å². The third kappa shape index (κ3) is 3.56. The van der Waals surface area contributed by atoms with E-state index in [0.717, 1.165) is 67.4 Å². The second kappa shape index (κ2) is 7.96. The summed E-state index contributed by atoms with van der Waals surface area (Å²) < 4.78 is 0. The molecule has 0 saturated carbocycles. The van der Waals surface area contributed by atoms with Crippen LogP contribution in [0.2, 0.25) is 0 Å². The van der Waals surface area contributed by atoms with Crippen LogP contribution in [0, 0.1) is 0 Å². The van der Waals surface area contributed by atoms with Gasteiger partial charge in [0.1, 0.15) is 11.4 Å². The average Bonchev–Trinajstić information content (AvgIpc) is 3.67. The van der Waals surface area contributed by atoms with E-state index >= 15 is 0 Å². The predicted molar refractivity (Wildman–Crippen MR) is 139 cm³/mol. The Bertz CT molecular complexity index is 1780. The molecule has 0 amide bonds. The molecule has 5 aromatic heterocycles. The number of nitrogens with zero attached hydrogens (tertiary/aromatic N) is 5. The van der Waals surface area contributed by atoms with Crippen molar-refractivity contribution >= 4 is 33.4 Å². The van der Waals surface area contributed by atoms with Crippen molar-refractivity contribution in [1.82, 2.24) is 34.9 Å². The molecule has 0 fully saturated rings. The number of aromatic nitrogens is 7. The summed E-state index contributed by atoms with van der Waals surface area (Å²) in [5.74, 6) is 1.53. The molecule has 7 nitrogen and oxygen atoms in total. The summed E-state index contributed by atoms with van der Waals surface area (Å²) in [5.41, 5.74) is 11.6. The van der Waals surface area contributed by atoms with E-state index in [1.165, 1.54) is 0 Å². The fourth-order valence-corrected chi connectivity index (χ4v) is 4.74. The van der Waals surface area contributed by atoms with E-state index in [0.29, 0.717) is 0 Å². The lowest BCUT2D eigenvalue weighted by atomic mass is 10.0. The van der Waals surface area contributed by atoms with Gasteiger partial charge in [-0.3, -0.25) is 9.97 Å². The SMILES string of the molecule is c1cc(-c2ccc(-c3nc4ccc(-c5ccc6nc(-c7cscn7)[nH]c6c5)cc4[nH]3)nc2)ccn1. The molecule has 8 heteroatoms. The maximum absolute atomic E-state index is 4.75. The zero-order valence-corrected chi connectivity index (χ0v) is 19.1. The minimum atomic E-state index is 0.746. The lowest BCUT2D eigenvalue weighted by Crippen LogP contribution is -1.87. The van der Waals surface area contributed by atoms with Crippen molar-refractivity contribution in [3.8, 4) is 45.3 Å². The summed E-state index contributed by atoms with van der Waals surface area (Å²) in [4.78, 5) is 29.3. The zero-order valence-electron chi connectivity index (χ0n) is 18.3. The Morgan fingerprint density at radius 3 is 1.86 bits per heavy atom. The van der Waals surface area contributed by atoms with Gasteiger partial charge in [0.2, 0.25) is 0 Å². The molecule has 0 unspecified atom stereocenters. The molecule has 0 aliphatic carbocycles. The van der Waals surface area contributed by atoms with Gasteiger partial charge in [-0.15, -0.1) is 11.3 Å². The highest BCUT2D eigenvalue weighted by molar-refractivity contribution is 7.07. The molecule has 7 aromatic rings. The third-order valence-corrected chi connectivity index (χ3v) is 6.58. The highest BCUT2D eigenvalue weighted by Gasteiger charge is 2.11. The van der Waals surface area contributed by atoms with Gasteiger partial charge in [0.15, 0.2) is 11.6 Å². The van der Waals surface area contributed by atoms with Gasteiger partial charge in [0, 0.05) is 29.5 Å². The fourth-order valence-electron chi connectivity index (χ4n) is 4.20. The number of rotatable bonds is 4. The first-order valence-electron chi connectivity index (χ1n) is 11.1. The average molecular weight is 472 g/mol. The first-order chi connectivity index (χ1) is 17.3. The van der Waals surface area contributed by atoms with Gasteiger partial charge in [-0.1, -0.05) is 18.2 Å². The van der Waals surface area contributed by atoms with E-state index in [2.05, 4.69) is 60.2 Å². The second-order valence-corrected chi connectivity index (χ2v) is 8.90. The molecule has 0 aliphatic rings. The zero-order chi connectivity index (χ0) is 23.2. The molecule has 166 valence electrons. The Morgan fingerprint density at radius 1 is 0.600 bits per heavy atom. The van der Waals surface area contributed by atoms with Crippen molar-refractivity contribution in [1.29, 1.82) is 0 Å². The van der Waals surface area contributed by atoms with E-state index in [1.54, 1.807) is 23.7 Å². The molecule has 5 heterocycles. The van der Waals surface area contributed by atoms with Crippen molar-refractivity contribution < 1.29 is 0 Å². The number of hydrogen-bond acceptors (Lipinski definition) is 6. The number of nitrogens with one attached hydrogen (secondary N) is 2. The van der Waals surface area contributed by atoms with Gasteiger partial charge >= 0.3 is 0 Å². The highest BCUT2D eigenvalue weighted by atomic mass is 32.1. The molecule has 35 heavy (non-hydrogen) atoms. The van der Waals surface area contributed by atoms with Crippen LogP contribution >= 0.6 is 11.3 Å². The van der Waals surface area contributed by atoms with Gasteiger partial charge in [-0.2, -0.15) is 0 Å². The molecule has 0 spiro atoms. The summed E-state index contributed by atoms with van der Waals surface area (Å²) in [5, 5.41) is 1.99. The van der Waals surface area contributed by atoms with Gasteiger partial charge in [0.05, 0.1) is 27.6 Å². The molecule has 0 atom stereocenters. The molecule has 0 saturated heterocycles. The van der Waals surface area contributed by atoms with Crippen LogP contribution in [0.3, 0.4) is 0 Å². The lowest BCUT2D eigenvalue weighted by molar-refractivity contribution is 1.24. The molecular formula is C27H17N7S. The number of aromatic amines is 2. The van der Waals surface area contributed by atoms with E-state index in [4.69, 9.17) is 4.98 Å². The van der Waals surface area contributed by atoms with Gasteiger partial charge in [-0.25, -0.2) is 15.0 Å². The summed E-state index contributed by atoms with van der Waals surface area (Å²) in [6.45, 7) is 0. The maximum Gasteiger partial charge on any atom is 0.158 e. The minimum Gasteiger partial charge on any atom is -0.337 e. The molecule has 2 aromatic carbocycles. The van der Waals surface area contributed by atoms with Gasteiger partial charge in [0.25, 0.3) is 0 Å². The largest absolute Gasteiger partial charge is 0.337 e. The van der Waals surface area contributed by atoms with E-state index in [9.17, 15) is 0 Å². The fraction of sp³-hybridized carbons (Fsp3) is 0. The normalized spacial score (nSPS) is 11.4. The smallest absolute Gasteiger partial charge is 0.158 e. The van der Waals surface area contributed by atoms with Crippen LogP contribution in [0.5, 0.6) is 0 Å². The van der Waals surface area contributed by atoms with Crippen LogP contribution in [-0.2, 0) is 0 Å². The summed E-state index contributed by atoms with van der Waals surface area (Å²) in [7, 11) is 0. The molecule has 0 bridgehead atoms. The summed E-state index contributed by atoms with van der Waals surface area (Å²) >= 11 is 1.56. The number of H-pyrrole nitrogens is 2. The van der Waals surface area contributed by atoms with E-state index < -0.39 is 0 Å².